The van der Waals surface area contributed by atoms with E-state index in [1.807, 2.05) is 6.92 Å². The molecule has 4 N–H and O–H groups in total. The third-order valence-corrected chi connectivity index (χ3v) is 7.35. The number of aliphatic hydroxyl groups is 1. The van der Waals surface area contributed by atoms with Gasteiger partial charge in [-0.3, -0.25) is 0 Å². The minimum Gasteiger partial charge on any atom is -0.492 e. The van der Waals surface area contributed by atoms with Crippen LogP contribution in [0.4, 0.5) is 5.82 Å². The standard InChI is InChI=1S/C20H25Cl2N5O2/c1-11-17(12-9-24-19(29)16(22)15(12)21)26-13(10-28)18(25-11)27-7-5-20(6-8-27)4-2-3-14(20)23/h9,14,28H,2-8,10,23H2,1H3,(H,24,29)/t14-/m1/s1. The highest BCUT2D eigenvalue weighted by Gasteiger charge is 2.43. The van der Waals surface area contributed by atoms with E-state index >= 15 is 0 Å². The van der Waals surface area contributed by atoms with Crippen LogP contribution in [0.25, 0.3) is 11.3 Å². The highest BCUT2D eigenvalue weighted by Crippen LogP contribution is 2.46. The predicted molar refractivity (Wildman–Crippen MR) is 113 cm³/mol. The number of aromatic hydroxyl groups is 1. The number of nitrogens with zero attached hydrogens (tertiary/aromatic N) is 4. The second kappa shape index (κ2) is 7.87. The first kappa shape index (κ1) is 20.6. The fraction of sp³-hybridized carbons (Fsp3) is 0.550. The Morgan fingerprint density at radius 1 is 1.21 bits per heavy atom. The van der Waals surface area contributed by atoms with E-state index < -0.39 is 0 Å². The molecule has 0 unspecified atom stereocenters. The van der Waals surface area contributed by atoms with Gasteiger partial charge in [0.15, 0.2) is 5.82 Å². The molecule has 3 heterocycles. The molecule has 1 saturated carbocycles. The molecule has 1 spiro atoms. The first-order valence-corrected chi connectivity index (χ1v) is 10.6. The van der Waals surface area contributed by atoms with Gasteiger partial charge in [-0.2, -0.15) is 0 Å². The Hall–Kier alpha value is -1.67. The summed E-state index contributed by atoms with van der Waals surface area (Å²) in [5.74, 6) is 0.363. The molecule has 0 radical (unpaired) electrons. The van der Waals surface area contributed by atoms with Crippen LogP contribution in [0.1, 0.15) is 43.5 Å². The van der Waals surface area contributed by atoms with Gasteiger partial charge in [-0.05, 0) is 38.0 Å². The van der Waals surface area contributed by atoms with Crippen LogP contribution in [-0.4, -0.2) is 44.3 Å². The summed E-state index contributed by atoms with van der Waals surface area (Å²) in [5, 5.41) is 19.7. The Kier molecular flexibility index (Phi) is 5.59. The predicted octanol–water partition coefficient (Wildman–Crippen LogP) is 3.45. The van der Waals surface area contributed by atoms with Gasteiger partial charge in [0.2, 0.25) is 5.88 Å². The topological polar surface area (TPSA) is 108 Å². The molecular formula is C20H25Cl2N5O2. The first-order chi connectivity index (χ1) is 13.9. The van der Waals surface area contributed by atoms with E-state index in [0.29, 0.717) is 28.5 Å². The molecule has 9 heteroatoms. The summed E-state index contributed by atoms with van der Waals surface area (Å²) in [7, 11) is 0. The Bertz CT molecular complexity index is 932. The number of piperidine rings is 1. The largest absolute Gasteiger partial charge is 0.492 e. The van der Waals surface area contributed by atoms with E-state index in [0.717, 1.165) is 32.4 Å². The Morgan fingerprint density at radius 2 is 1.93 bits per heavy atom. The van der Waals surface area contributed by atoms with Crippen molar-refractivity contribution in [2.75, 3.05) is 18.0 Å². The van der Waals surface area contributed by atoms with Crippen LogP contribution < -0.4 is 10.6 Å². The van der Waals surface area contributed by atoms with Crippen molar-refractivity contribution in [3.63, 3.8) is 0 Å². The molecule has 0 bridgehead atoms. The number of halogens is 2. The molecule has 7 nitrogen and oxygen atoms in total. The molecule has 29 heavy (non-hydrogen) atoms. The number of anilines is 1. The maximum absolute atomic E-state index is 9.96. The molecule has 2 aliphatic rings. The van der Waals surface area contributed by atoms with Gasteiger partial charge in [-0.25, -0.2) is 15.0 Å². The smallest absolute Gasteiger partial charge is 0.231 e. The number of hydrogen-bond donors (Lipinski definition) is 3. The lowest BCUT2D eigenvalue weighted by molar-refractivity contribution is 0.196. The molecule has 1 aliphatic heterocycles. The number of aromatic nitrogens is 3. The van der Waals surface area contributed by atoms with Gasteiger partial charge in [-0.15, -0.1) is 0 Å². The molecule has 4 rings (SSSR count). The van der Waals surface area contributed by atoms with E-state index in [-0.39, 0.29) is 34.0 Å². The second-order valence-electron chi connectivity index (χ2n) is 8.06. The van der Waals surface area contributed by atoms with Crippen LogP contribution in [0.3, 0.4) is 0 Å². The number of pyridine rings is 1. The summed E-state index contributed by atoms with van der Waals surface area (Å²) in [6.45, 7) is 3.29. The minimum absolute atomic E-state index is 0.0331. The molecule has 2 aromatic heterocycles. The zero-order chi connectivity index (χ0) is 20.8. The number of aryl methyl sites for hydroxylation is 1. The van der Waals surface area contributed by atoms with Gasteiger partial charge < -0.3 is 20.8 Å². The molecule has 1 aliphatic carbocycles. The molecule has 0 amide bonds. The average Bonchev–Trinajstić information content (AvgIpc) is 3.07. The Morgan fingerprint density at radius 3 is 2.55 bits per heavy atom. The van der Waals surface area contributed by atoms with Crippen LogP contribution in [0.15, 0.2) is 6.20 Å². The van der Waals surface area contributed by atoms with E-state index in [1.165, 1.54) is 19.0 Å². The molecule has 1 atom stereocenters. The fourth-order valence-corrected chi connectivity index (χ4v) is 5.10. The SMILES string of the molecule is Cc1nc(N2CCC3(CCC[C@H]3N)CC2)c(CO)nc1-c1cnc(O)c(Cl)c1Cl. The maximum atomic E-state index is 9.96. The van der Waals surface area contributed by atoms with Gasteiger partial charge in [0.1, 0.15) is 10.7 Å². The van der Waals surface area contributed by atoms with E-state index in [2.05, 4.69) is 14.9 Å². The number of rotatable bonds is 3. The Balaban J connectivity index is 1.65. The van der Waals surface area contributed by atoms with E-state index in [4.69, 9.17) is 33.9 Å². The second-order valence-corrected chi connectivity index (χ2v) is 8.81. The summed E-state index contributed by atoms with van der Waals surface area (Å²) < 4.78 is 0. The van der Waals surface area contributed by atoms with Crippen molar-refractivity contribution in [2.45, 2.75) is 51.7 Å². The first-order valence-electron chi connectivity index (χ1n) is 9.88. The van der Waals surface area contributed by atoms with Crippen molar-refractivity contribution >= 4 is 29.0 Å². The highest BCUT2D eigenvalue weighted by molar-refractivity contribution is 6.44. The van der Waals surface area contributed by atoms with Crippen LogP contribution in [0.5, 0.6) is 5.88 Å². The van der Waals surface area contributed by atoms with Crippen LogP contribution >= 0.6 is 23.2 Å². The summed E-state index contributed by atoms with van der Waals surface area (Å²) in [4.78, 5) is 15.4. The van der Waals surface area contributed by atoms with Gasteiger partial charge >= 0.3 is 0 Å². The monoisotopic (exact) mass is 437 g/mol. The van der Waals surface area contributed by atoms with Crippen molar-refractivity contribution in [3.05, 3.63) is 27.6 Å². The van der Waals surface area contributed by atoms with Crippen molar-refractivity contribution in [3.8, 4) is 17.1 Å². The van der Waals surface area contributed by atoms with Crippen molar-refractivity contribution < 1.29 is 10.2 Å². The van der Waals surface area contributed by atoms with E-state index in [1.54, 1.807) is 0 Å². The lowest BCUT2D eigenvalue weighted by Crippen LogP contribution is -2.47. The molecule has 1 saturated heterocycles. The molecule has 0 aromatic carbocycles. The maximum Gasteiger partial charge on any atom is 0.231 e. The lowest BCUT2D eigenvalue weighted by Gasteiger charge is -2.42. The highest BCUT2D eigenvalue weighted by atomic mass is 35.5. The summed E-state index contributed by atoms with van der Waals surface area (Å²) in [6.07, 6.45) is 6.99. The molecule has 156 valence electrons. The van der Waals surface area contributed by atoms with Gasteiger partial charge in [0.25, 0.3) is 0 Å². The third kappa shape index (κ3) is 3.54. The number of aliphatic hydroxyl groups excluding tert-OH is 1. The third-order valence-electron chi connectivity index (χ3n) is 6.50. The summed E-state index contributed by atoms with van der Waals surface area (Å²) >= 11 is 12.3. The summed E-state index contributed by atoms with van der Waals surface area (Å²) in [6, 6.07) is 0.283. The van der Waals surface area contributed by atoms with Crippen LogP contribution in [0, 0.1) is 12.3 Å². The van der Waals surface area contributed by atoms with Crippen LogP contribution in [0.2, 0.25) is 10.0 Å². The number of nitrogens with two attached hydrogens (primary N) is 1. The van der Waals surface area contributed by atoms with Gasteiger partial charge in [0.05, 0.1) is 23.0 Å². The van der Waals surface area contributed by atoms with E-state index in [9.17, 15) is 10.2 Å². The molecular weight excluding hydrogens is 413 g/mol. The molecule has 2 fully saturated rings. The van der Waals surface area contributed by atoms with Crippen molar-refractivity contribution in [1.29, 1.82) is 0 Å². The summed E-state index contributed by atoms with van der Waals surface area (Å²) in [5.41, 5.74) is 8.74. The zero-order valence-electron chi connectivity index (χ0n) is 16.3. The van der Waals surface area contributed by atoms with Crippen molar-refractivity contribution in [2.24, 2.45) is 11.1 Å². The Labute approximate surface area is 179 Å². The quantitative estimate of drug-likeness (QED) is 0.674. The fourth-order valence-electron chi connectivity index (χ4n) is 4.73. The lowest BCUT2D eigenvalue weighted by atomic mass is 9.74. The number of hydrogen-bond acceptors (Lipinski definition) is 7. The normalized spacial score (nSPS) is 21.1. The van der Waals surface area contributed by atoms with Gasteiger partial charge in [0, 0.05) is 30.9 Å². The molecule has 2 aromatic rings. The average molecular weight is 438 g/mol. The van der Waals surface area contributed by atoms with Gasteiger partial charge in [-0.1, -0.05) is 29.6 Å². The zero-order valence-corrected chi connectivity index (χ0v) is 17.8. The van der Waals surface area contributed by atoms with Crippen molar-refractivity contribution in [1.82, 2.24) is 15.0 Å². The minimum atomic E-state index is -0.336. The van der Waals surface area contributed by atoms with Crippen LogP contribution in [-0.2, 0) is 6.61 Å².